The van der Waals surface area contributed by atoms with Crippen LogP contribution in [0.25, 0.3) is 11.3 Å². The molecule has 0 amide bonds. The summed E-state index contributed by atoms with van der Waals surface area (Å²) in [7, 11) is 0. The predicted octanol–water partition coefficient (Wildman–Crippen LogP) is 4.88. The van der Waals surface area contributed by atoms with Gasteiger partial charge in [-0.3, -0.25) is 0 Å². The monoisotopic (exact) mass is 254 g/mol. The molecular weight excluding hydrogens is 243 g/mol. The van der Waals surface area contributed by atoms with E-state index in [0.29, 0.717) is 11.5 Å². The molecule has 3 rings (SSSR count). The first-order chi connectivity index (χ1) is 9.34. The molecule has 2 aromatic carbocycles. The molecule has 1 aromatic heterocycles. The second kappa shape index (κ2) is 4.98. The van der Waals surface area contributed by atoms with E-state index < -0.39 is 5.82 Å². The van der Waals surface area contributed by atoms with Gasteiger partial charge in [0.1, 0.15) is 11.5 Å². The molecule has 0 bridgehead atoms. The molecule has 1 heterocycles. The molecule has 19 heavy (non-hydrogen) atoms. The zero-order chi connectivity index (χ0) is 13.1. The van der Waals surface area contributed by atoms with Gasteiger partial charge < -0.3 is 9.15 Å². The lowest BCUT2D eigenvalue weighted by molar-refractivity contribution is 0.442. The summed E-state index contributed by atoms with van der Waals surface area (Å²) < 4.78 is 24.6. The Morgan fingerprint density at radius 2 is 1.53 bits per heavy atom. The average Bonchev–Trinajstić information content (AvgIpc) is 2.96. The first kappa shape index (κ1) is 11.5. The maximum absolute atomic E-state index is 13.6. The van der Waals surface area contributed by atoms with Crippen molar-refractivity contribution in [2.75, 3.05) is 0 Å². The quantitative estimate of drug-likeness (QED) is 0.664. The maximum atomic E-state index is 13.6. The Labute approximate surface area is 110 Å². The van der Waals surface area contributed by atoms with E-state index in [9.17, 15) is 4.39 Å². The summed E-state index contributed by atoms with van der Waals surface area (Å²) in [6.07, 6.45) is 1.59. The summed E-state index contributed by atoms with van der Waals surface area (Å²) in [5, 5.41) is 0. The molecule has 0 saturated carbocycles. The highest BCUT2D eigenvalue weighted by Crippen LogP contribution is 2.34. The van der Waals surface area contributed by atoms with E-state index in [1.807, 2.05) is 24.3 Å². The van der Waals surface area contributed by atoms with Crippen molar-refractivity contribution in [3.8, 4) is 22.8 Å². The van der Waals surface area contributed by atoms with Crippen LogP contribution in [0.2, 0.25) is 0 Å². The molecule has 3 heteroatoms. The maximum Gasteiger partial charge on any atom is 0.165 e. The van der Waals surface area contributed by atoms with E-state index in [-0.39, 0.29) is 5.75 Å². The number of hydrogen-bond acceptors (Lipinski definition) is 2. The van der Waals surface area contributed by atoms with Crippen LogP contribution in [-0.4, -0.2) is 0 Å². The number of hydrogen-bond donors (Lipinski definition) is 0. The summed E-state index contributed by atoms with van der Waals surface area (Å²) in [6, 6.07) is 17.3. The van der Waals surface area contributed by atoms with Gasteiger partial charge in [-0.2, -0.15) is 0 Å². The number of ether oxygens (including phenoxy) is 1. The molecular formula is C16H11FO2. The SMILES string of the molecule is Fc1ccccc1Oc1ccccc1-c1ccco1. The predicted molar refractivity (Wildman–Crippen MR) is 70.6 cm³/mol. The van der Waals surface area contributed by atoms with Gasteiger partial charge in [-0.25, -0.2) is 4.39 Å². The van der Waals surface area contributed by atoms with Crippen LogP contribution in [0.4, 0.5) is 4.39 Å². The molecule has 94 valence electrons. The van der Waals surface area contributed by atoms with Crippen LogP contribution in [0.15, 0.2) is 71.3 Å². The fraction of sp³-hybridized carbons (Fsp3) is 0. The minimum atomic E-state index is -0.392. The van der Waals surface area contributed by atoms with Crippen molar-refractivity contribution < 1.29 is 13.5 Å². The molecule has 0 atom stereocenters. The van der Waals surface area contributed by atoms with Gasteiger partial charge in [0.05, 0.1) is 11.8 Å². The van der Waals surface area contributed by atoms with Gasteiger partial charge in [0, 0.05) is 0 Å². The highest BCUT2D eigenvalue weighted by atomic mass is 19.1. The zero-order valence-electron chi connectivity index (χ0n) is 10.0. The van der Waals surface area contributed by atoms with Crippen LogP contribution < -0.4 is 4.74 Å². The molecule has 0 N–H and O–H groups in total. The lowest BCUT2D eigenvalue weighted by Gasteiger charge is -2.10. The van der Waals surface area contributed by atoms with Gasteiger partial charge in [0.25, 0.3) is 0 Å². The number of rotatable bonds is 3. The normalized spacial score (nSPS) is 10.4. The molecule has 3 aromatic rings. The molecule has 0 radical (unpaired) electrons. The number of benzene rings is 2. The summed E-state index contributed by atoms with van der Waals surface area (Å²) in [5.74, 6) is 1.05. The average molecular weight is 254 g/mol. The Bertz CT molecular complexity index is 675. The van der Waals surface area contributed by atoms with Gasteiger partial charge in [0.15, 0.2) is 11.6 Å². The molecule has 0 fully saturated rings. The topological polar surface area (TPSA) is 22.4 Å². The minimum Gasteiger partial charge on any atom is -0.464 e. The summed E-state index contributed by atoms with van der Waals surface area (Å²) in [6.45, 7) is 0. The Morgan fingerprint density at radius 3 is 2.26 bits per heavy atom. The van der Waals surface area contributed by atoms with E-state index in [0.717, 1.165) is 5.56 Å². The molecule has 0 unspecified atom stereocenters. The van der Waals surface area contributed by atoms with Gasteiger partial charge in [-0.05, 0) is 36.4 Å². The van der Waals surface area contributed by atoms with E-state index in [2.05, 4.69) is 0 Å². The Balaban J connectivity index is 2.00. The van der Waals surface area contributed by atoms with Crippen LogP contribution >= 0.6 is 0 Å². The van der Waals surface area contributed by atoms with Crippen molar-refractivity contribution >= 4 is 0 Å². The van der Waals surface area contributed by atoms with Crippen LogP contribution in [-0.2, 0) is 0 Å². The third-order valence-corrected chi connectivity index (χ3v) is 2.73. The zero-order valence-corrected chi connectivity index (χ0v) is 10.0. The minimum absolute atomic E-state index is 0.196. The van der Waals surface area contributed by atoms with E-state index >= 15 is 0 Å². The smallest absolute Gasteiger partial charge is 0.165 e. The number of para-hydroxylation sites is 2. The molecule has 0 saturated heterocycles. The largest absolute Gasteiger partial charge is 0.464 e. The van der Waals surface area contributed by atoms with Crippen molar-refractivity contribution in [3.63, 3.8) is 0 Å². The van der Waals surface area contributed by atoms with Crippen LogP contribution in [0.3, 0.4) is 0 Å². The highest BCUT2D eigenvalue weighted by Gasteiger charge is 2.10. The van der Waals surface area contributed by atoms with Crippen molar-refractivity contribution in [3.05, 3.63) is 72.7 Å². The molecule has 0 spiro atoms. The van der Waals surface area contributed by atoms with Crippen LogP contribution in [0.1, 0.15) is 0 Å². The van der Waals surface area contributed by atoms with E-state index in [1.54, 1.807) is 36.6 Å². The van der Waals surface area contributed by atoms with Crippen molar-refractivity contribution in [2.45, 2.75) is 0 Å². The highest BCUT2D eigenvalue weighted by molar-refractivity contribution is 5.66. The van der Waals surface area contributed by atoms with Crippen LogP contribution in [0, 0.1) is 5.82 Å². The first-order valence-corrected chi connectivity index (χ1v) is 5.90. The van der Waals surface area contributed by atoms with E-state index in [1.165, 1.54) is 6.07 Å². The fourth-order valence-electron chi connectivity index (χ4n) is 1.84. The van der Waals surface area contributed by atoms with Gasteiger partial charge in [-0.15, -0.1) is 0 Å². The molecule has 0 aliphatic rings. The van der Waals surface area contributed by atoms with Gasteiger partial charge in [0.2, 0.25) is 0 Å². The van der Waals surface area contributed by atoms with Crippen molar-refractivity contribution in [2.24, 2.45) is 0 Å². The second-order valence-corrected chi connectivity index (χ2v) is 4.01. The molecule has 0 aliphatic heterocycles. The van der Waals surface area contributed by atoms with Gasteiger partial charge >= 0.3 is 0 Å². The summed E-state index contributed by atoms with van der Waals surface area (Å²) in [4.78, 5) is 0. The Hall–Kier alpha value is -2.55. The van der Waals surface area contributed by atoms with E-state index in [4.69, 9.17) is 9.15 Å². The Morgan fingerprint density at radius 1 is 0.789 bits per heavy atom. The fourth-order valence-corrected chi connectivity index (χ4v) is 1.84. The third-order valence-electron chi connectivity index (χ3n) is 2.73. The van der Waals surface area contributed by atoms with Crippen LogP contribution in [0.5, 0.6) is 11.5 Å². The van der Waals surface area contributed by atoms with Crippen molar-refractivity contribution in [1.29, 1.82) is 0 Å². The van der Waals surface area contributed by atoms with Crippen molar-refractivity contribution in [1.82, 2.24) is 0 Å². The number of furan rings is 1. The third kappa shape index (κ3) is 2.36. The molecule has 2 nitrogen and oxygen atoms in total. The lowest BCUT2D eigenvalue weighted by Crippen LogP contribution is -1.90. The standard InChI is InChI=1S/C16H11FO2/c17-13-7-2-4-9-16(13)19-15-8-3-1-6-12(15)14-10-5-11-18-14/h1-11H. The molecule has 0 aliphatic carbocycles. The van der Waals surface area contributed by atoms with Gasteiger partial charge in [-0.1, -0.05) is 24.3 Å². The lowest BCUT2D eigenvalue weighted by atomic mass is 10.1. The summed E-state index contributed by atoms with van der Waals surface area (Å²) >= 11 is 0. The summed E-state index contributed by atoms with van der Waals surface area (Å²) in [5.41, 5.74) is 0.788. The Kier molecular flexibility index (Phi) is 3.02. The number of halogens is 1. The first-order valence-electron chi connectivity index (χ1n) is 5.90. The second-order valence-electron chi connectivity index (χ2n) is 4.01.